The lowest BCUT2D eigenvalue weighted by Crippen LogP contribution is -2.02. The minimum Gasteiger partial charge on any atom is -0.326 e. The van der Waals surface area contributed by atoms with E-state index in [2.05, 4.69) is 48.0 Å². The van der Waals surface area contributed by atoms with Crippen molar-refractivity contribution in [1.82, 2.24) is 4.98 Å². The van der Waals surface area contributed by atoms with Gasteiger partial charge in [-0.25, -0.2) is 4.98 Å². The second-order valence-corrected chi connectivity index (χ2v) is 7.07. The van der Waals surface area contributed by atoms with Crippen LogP contribution in [-0.2, 0) is 19.4 Å². The van der Waals surface area contributed by atoms with Gasteiger partial charge in [0.05, 0.1) is 10.7 Å². The maximum absolute atomic E-state index is 5.82. The first-order valence-corrected chi connectivity index (χ1v) is 8.12. The quantitative estimate of drug-likeness (QED) is 0.889. The maximum atomic E-state index is 5.82. The van der Waals surface area contributed by atoms with Crippen molar-refractivity contribution in [2.75, 3.05) is 0 Å². The summed E-state index contributed by atoms with van der Waals surface area (Å²) in [6.45, 7) is 5.02. The molecule has 0 aliphatic carbocycles. The average molecular weight is 339 g/mol. The fraction of sp³-hybridized carbons (Fsp3) is 0.400. The van der Waals surface area contributed by atoms with E-state index >= 15 is 0 Å². The molecule has 0 spiro atoms. The molecule has 4 heteroatoms. The van der Waals surface area contributed by atoms with Crippen LogP contribution in [0.2, 0.25) is 0 Å². The molecule has 2 aromatic rings. The average Bonchev–Trinajstić information content (AvgIpc) is 2.73. The monoisotopic (exact) mass is 338 g/mol. The van der Waals surface area contributed by atoms with Crippen LogP contribution in [0, 0.1) is 5.92 Å². The molecule has 0 aliphatic heterocycles. The van der Waals surface area contributed by atoms with E-state index in [0.29, 0.717) is 12.5 Å². The molecule has 1 aromatic carbocycles. The molecule has 0 aliphatic rings. The van der Waals surface area contributed by atoms with Crippen LogP contribution >= 0.6 is 27.3 Å². The largest absolute Gasteiger partial charge is 0.326 e. The molecule has 0 bridgehead atoms. The fourth-order valence-corrected chi connectivity index (χ4v) is 3.45. The van der Waals surface area contributed by atoms with E-state index in [4.69, 9.17) is 10.7 Å². The van der Waals surface area contributed by atoms with Gasteiger partial charge >= 0.3 is 0 Å². The molecule has 0 atom stereocenters. The molecule has 0 radical (unpaired) electrons. The van der Waals surface area contributed by atoms with Crippen LogP contribution in [-0.4, -0.2) is 4.98 Å². The van der Waals surface area contributed by atoms with Crippen LogP contribution in [0.15, 0.2) is 28.7 Å². The van der Waals surface area contributed by atoms with Crippen molar-refractivity contribution >= 4 is 27.3 Å². The van der Waals surface area contributed by atoms with E-state index in [1.54, 1.807) is 11.3 Å². The van der Waals surface area contributed by atoms with Crippen LogP contribution in [0.5, 0.6) is 0 Å². The number of aromatic nitrogens is 1. The smallest absolute Gasteiger partial charge is 0.0975 e. The number of halogens is 1. The highest BCUT2D eigenvalue weighted by molar-refractivity contribution is 9.10. The molecule has 0 unspecified atom stereocenters. The second-order valence-electron chi connectivity index (χ2n) is 5.05. The van der Waals surface area contributed by atoms with E-state index < -0.39 is 0 Å². The zero-order valence-electron chi connectivity index (χ0n) is 11.3. The number of rotatable bonds is 5. The highest BCUT2D eigenvalue weighted by Gasteiger charge is 2.12. The molecule has 0 saturated carbocycles. The van der Waals surface area contributed by atoms with Crippen molar-refractivity contribution in [3.63, 3.8) is 0 Å². The highest BCUT2D eigenvalue weighted by Crippen LogP contribution is 2.25. The van der Waals surface area contributed by atoms with Crippen LogP contribution in [0.25, 0.3) is 0 Å². The zero-order valence-corrected chi connectivity index (χ0v) is 13.7. The normalized spacial score (nSPS) is 11.2. The third kappa shape index (κ3) is 3.88. The predicted molar refractivity (Wildman–Crippen MR) is 85.5 cm³/mol. The zero-order chi connectivity index (χ0) is 13.8. The first-order valence-electron chi connectivity index (χ1n) is 6.51. The standard InChI is InChI=1S/C15H19BrN2S/c1-10(2)7-13-14(9-17)19-15(18-13)8-11-5-3-4-6-12(11)16/h3-6,10H,7-9,17H2,1-2H3. The minimum absolute atomic E-state index is 0.593. The third-order valence-electron chi connectivity index (χ3n) is 2.91. The molecular formula is C15H19BrN2S. The predicted octanol–water partition coefficient (Wildman–Crippen LogP) is 4.15. The van der Waals surface area contributed by atoms with E-state index in [-0.39, 0.29) is 0 Å². The SMILES string of the molecule is CC(C)Cc1nc(Cc2ccccc2Br)sc1CN. The van der Waals surface area contributed by atoms with Crippen LogP contribution in [0.3, 0.4) is 0 Å². The van der Waals surface area contributed by atoms with Gasteiger partial charge in [0, 0.05) is 22.3 Å². The van der Waals surface area contributed by atoms with Crippen molar-refractivity contribution < 1.29 is 0 Å². The van der Waals surface area contributed by atoms with E-state index in [1.165, 1.54) is 16.1 Å². The third-order valence-corrected chi connectivity index (χ3v) is 4.80. The first kappa shape index (κ1) is 14.7. The second kappa shape index (κ2) is 6.64. The molecule has 0 fully saturated rings. The summed E-state index contributed by atoms with van der Waals surface area (Å²) in [5, 5.41) is 1.16. The fourth-order valence-electron chi connectivity index (χ4n) is 2.02. The molecule has 102 valence electrons. The lowest BCUT2D eigenvalue weighted by molar-refractivity contribution is 0.632. The van der Waals surface area contributed by atoms with Gasteiger partial charge in [0.25, 0.3) is 0 Å². The molecule has 0 amide bonds. The summed E-state index contributed by atoms with van der Waals surface area (Å²) in [6.07, 6.45) is 1.89. The number of nitrogens with two attached hydrogens (primary N) is 1. The van der Waals surface area contributed by atoms with Gasteiger partial charge in [-0.2, -0.15) is 0 Å². The molecular weight excluding hydrogens is 320 g/mol. The Morgan fingerprint density at radius 2 is 2.05 bits per heavy atom. The summed E-state index contributed by atoms with van der Waals surface area (Å²) >= 11 is 5.34. The highest BCUT2D eigenvalue weighted by atomic mass is 79.9. The molecule has 1 aromatic heterocycles. The van der Waals surface area contributed by atoms with Crippen molar-refractivity contribution in [2.45, 2.75) is 33.2 Å². The molecule has 19 heavy (non-hydrogen) atoms. The maximum Gasteiger partial charge on any atom is 0.0975 e. The summed E-state index contributed by atoms with van der Waals surface area (Å²) in [5.74, 6) is 0.615. The Morgan fingerprint density at radius 1 is 1.32 bits per heavy atom. The van der Waals surface area contributed by atoms with Gasteiger partial charge < -0.3 is 5.73 Å². The Balaban J connectivity index is 2.22. The number of thiazole rings is 1. The summed E-state index contributed by atoms with van der Waals surface area (Å²) in [6, 6.07) is 8.30. The Bertz CT molecular complexity index is 549. The number of hydrogen-bond acceptors (Lipinski definition) is 3. The molecule has 2 nitrogen and oxygen atoms in total. The Morgan fingerprint density at radius 3 is 2.68 bits per heavy atom. The Hall–Kier alpha value is -0.710. The van der Waals surface area contributed by atoms with Gasteiger partial charge in [0.2, 0.25) is 0 Å². The molecule has 2 rings (SSSR count). The van der Waals surface area contributed by atoms with Crippen LogP contribution in [0.1, 0.15) is 35.0 Å². The van der Waals surface area contributed by atoms with Crippen molar-refractivity contribution in [1.29, 1.82) is 0 Å². The van der Waals surface area contributed by atoms with Gasteiger partial charge in [-0.15, -0.1) is 11.3 Å². The topological polar surface area (TPSA) is 38.9 Å². The van der Waals surface area contributed by atoms with E-state index in [1.807, 2.05) is 6.07 Å². The number of benzene rings is 1. The molecule has 2 N–H and O–H groups in total. The Labute approximate surface area is 127 Å². The van der Waals surface area contributed by atoms with Crippen molar-refractivity contribution in [3.05, 3.63) is 49.9 Å². The summed E-state index contributed by atoms with van der Waals surface area (Å²) < 4.78 is 1.14. The van der Waals surface area contributed by atoms with Crippen molar-refractivity contribution in [3.8, 4) is 0 Å². The van der Waals surface area contributed by atoms with E-state index in [0.717, 1.165) is 22.3 Å². The van der Waals surface area contributed by atoms with E-state index in [9.17, 15) is 0 Å². The van der Waals surface area contributed by atoms with Gasteiger partial charge in [-0.05, 0) is 24.0 Å². The Kier molecular flexibility index (Phi) is 5.13. The van der Waals surface area contributed by atoms with Gasteiger partial charge in [-0.3, -0.25) is 0 Å². The summed E-state index contributed by atoms with van der Waals surface area (Å²) in [4.78, 5) is 6.01. The first-order chi connectivity index (χ1) is 9.10. The van der Waals surface area contributed by atoms with Gasteiger partial charge in [0.1, 0.15) is 0 Å². The lowest BCUT2D eigenvalue weighted by atomic mass is 10.1. The number of nitrogens with zero attached hydrogens (tertiary/aromatic N) is 1. The summed E-state index contributed by atoms with van der Waals surface area (Å²) in [7, 11) is 0. The minimum atomic E-state index is 0.593. The molecule has 0 saturated heterocycles. The van der Waals surface area contributed by atoms with Crippen LogP contribution in [0.4, 0.5) is 0 Å². The number of hydrogen-bond donors (Lipinski definition) is 1. The van der Waals surface area contributed by atoms with Gasteiger partial charge in [0.15, 0.2) is 0 Å². The van der Waals surface area contributed by atoms with Gasteiger partial charge in [-0.1, -0.05) is 48.0 Å². The molecule has 1 heterocycles. The van der Waals surface area contributed by atoms with Crippen molar-refractivity contribution in [2.24, 2.45) is 11.7 Å². The lowest BCUT2D eigenvalue weighted by Gasteiger charge is -2.02. The van der Waals surface area contributed by atoms with Crippen LogP contribution < -0.4 is 5.73 Å². The summed E-state index contributed by atoms with van der Waals surface area (Å²) in [5.41, 5.74) is 8.28.